The summed E-state index contributed by atoms with van der Waals surface area (Å²) in [6, 6.07) is 0. The van der Waals surface area contributed by atoms with Crippen molar-refractivity contribution in [2.45, 2.75) is 155 Å². The van der Waals surface area contributed by atoms with Crippen molar-refractivity contribution in [3.63, 3.8) is 0 Å². The average Bonchev–Trinajstić information content (AvgIpc) is 2.77. The molecule has 0 aliphatic rings. The fourth-order valence-corrected chi connectivity index (χ4v) is 4.91. The Labute approximate surface area is 196 Å². The van der Waals surface area contributed by atoms with Gasteiger partial charge in [-0.15, -0.1) is 0 Å². The van der Waals surface area contributed by atoms with Crippen molar-refractivity contribution >= 4 is 0 Å². The van der Waals surface area contributed by atoms with E-state index in [1.54, 1.807) is 0 Å². The highest BCUT2D eigenvalue weighted by atomic mass is 16.7. The van der Waals surface area contributed by atoms with Crippen molar-refractivity contribution in [3.05, 3.63) is 0 Å². The number of rotatable bonds is 25. The first kappa shape index (κ1) is 30.9. The van der Waals surface area contributed by atoms with E-state index >= 15 is 0 Å². The Balaban J connectivity index is 4.80. The van der Waals surface area contributed by atoms with Crippen LogP contribution in [0.3, 0.4) is 0 Å². The zero-order valence-corrected chi connectivity index (χ0v) is 22.0. The van der Waals surface area contributed by atoms with Crippen LogP contribution in [-0.4, -0.2) is 25.5 Å². The summed E-state index contributed by atoms with van der Waals surface area (Å²) in [7, 11) is 0. The number of hydrogen-bond donors (Lipinski definition) is 1. The summed E-state index contributed by atoms with van der Waals surface area (Å²) in [5.74, 6) is 0.110. The molecule has 0 amide bonds. The monoisotopic (exact) mass is 441 g/mol. The molecule has 2 N–H and O–H groups in total. The quantitative estimate of drug-likeness (QED) is 0.114. The van der Waals surface area contributed by atoms with Gasteiger partial charge in [0.2, 0.25) is 0 Å². The summed E-state index contributed by atoms with van der Waals surface area (Å²) >= 11 is 0. The molecule has 1 unspecified atom stereocenters. The molecule has 0 aliphatic carbocycles. The molecule has 0 aromatic rings. The predicted octanol–water partition coefficient (Wildman–Crippen LogP) is 8.78. The van der Waals surface area contributed by atoms with Gasteiger partial charge in [-0.2, -0.15) is 0 Å². The molecule has 1 atom stereocenters. The molecule has 0 spiro atoms. The third-order valence-electron chi connectivity index (χ3n) is 6.69. The molecule has 0 rings (SSSR count). The van der Waals surface area contributed by atoms with Crippen molar-refractivity contribution in [2.24, 2.45) is 11.7 Å². The van der Waals surface area contributed by atoms with Gasteiger partial charge in [-0.1, -0.05) is 104 Å². The minimum absolute atomic E-state index is 0.385. The van der Waals surface area contributed by atoms with Crippen molar-refractivity contribution in [2.75, 3.05) is 19.8 Å². The molecular weight excluding hydrogens is 382 g/mol. The summed E-state index contributed by atoms with van der Waals surface area (Å²) in [6.45, 7) is 11.1. The lowest BCUT2D eigenvalue weighted by Crippen LogP contribution is -2.44. The maximum atomic E-state index is 6.46. The minimum Gasteiger partial charge on any atom is -0.350 e. The molecule has 0 radical (unpaired) electrons. The molecule has 0 saturated heterocycles. The molecule has 0 aromatic carbocycles. The average molecular weight is 442 g/mol. The third kappa shape index (κ3) is 16.2. The number of unbranched alkanes of at least 4 members (excludes halogenated alkanes) is 13. The molecule has 188 valence electrons. The van der Waals surface area contributed by atoms with E-state index in [-0.39, 0.29) is 5.79 Å². The normalized spacial score (nSPS) is 13.1. The molecule has 0 saturated carbocycles. The van der Waals surface area contributed by atoms with Crippen molar-refractivity contribution < 1.29 is 9.47 Å². The van der Waals surface area contributed by atoms with Gasteiger partial charge in [0.05, 0.1) is 0 Å². The zero-order valence-electron chi connectivity index (χ0n) is 22.0. The Kier molecular flexibility index (Phi) is 23.0. The lowest BCUT2D eigenvalue weighted by molar-refractivity contribution is -0.270. The van der Waals surface area contributed by atoms with Crippen LogP contribution < -0.4 is 5.73 Å². The van der Waals surface area contributed by atoms with E-state index in [1.165, 1.54) is 109 Å². The SMILES string of the molecule is CCCCCCCCCCC(OCC)(OCC)C(CCCCN)CCCCCCCC. The Hall–Kier alpha value is -0.120. The maximum absolute atomic E-state index is 6.46. The minimum atomic E-state index is -0.385. The van der Waals surface area contributed by atoms with E-state index in [9.17, 15) is 0 Å². The van der Waals surface area contributed by atoms with Crippen LogP contribution in [0.25, 0.3) is 0 Å². The smallest absolute Gasteiger partial charge is 0.171 e. The van der Waals surface area contributed by atoms with Gasteiger partial charge in [-0.25, -0.2) is 0 Å². The largest absolute Gasteiger partial charge is 0.350 e. The van der Waals surface area contributed by atoms with Gasteiger partial charge in [-0.05, 0) is 46.1 Å². The van der Waals surface area contributed by atoms with Crippen LogP contribution in [0, 0.1) is 5.92 Å². The lowest BCUT2D eigenvalue weighted by Gasteiger charge is -2.41. The molecule has 0 aliphatic heterocycles. The number of nitrogens with two attached hydrogens (primary N) is 1. The molecule has 0 heterocycles. The highest BCUT2D eigenvalue weighted by Crippen LogP contribution is 2.37. The standard InChI is InChI=1S/C28H59NO2/c1-5-9-11-13-15-16-18-21-25-28(30-7-3,31-8-4)27(24-20-22-26-29)23-19-17-14-12-10-6-2/h27H,5-26,29H2,1-4H3. The maximum Gasteiger partial charge on any atom is 0.171 e. The molecule has 0 aromatic heterocycles. The summed E-state index contributed by atoms with van der Waals surface area (Å²) in [6.07, 6.45) is 24.6. The first-order chi connectivity index (χ1) is 15.2. The van der Waals surface area contributed by atoms with E-state index in [0.717, 1.165) is 32.6 Å². The van der Waals surface area contributed by atoms with Gasteiger partial charge < -0.3 is 15.2 Å². The fourth-order valence-electron chi connectivity index (χ4n) is 4.91. The van der Waals surface area contributed by atoms with E-state index in [0.29, 0.717) is 5.92 Å². The molecule has 3 nitrogen and oxygen atoms in total. The van der Waals surface area contributed by atoms with Crippen LogP contribution in [-0.2, 0) is 9.47 Å². The second-order valence-corrected chi connectivity index (χ2v) is 9.44. The Morgan fingerprint density at radius 3 is 1.42 bits per heavy atom. The Morgan fingerprint density at radius 2 is 0.968 bits per heavy atom. The molecule has 0 bridgehead atoms. The first-order valence-corrected chi connectivity index (χ1v) is 14.2. The van der Waals surface area contributed by atoms with Gasteiger partial charge in [0.15, 0.2) is 5.79 Å². The van der Waals surface area contributed by atoms with E-state index in [2.05, 4.69) is 27.7 Å². The third-order valence-corrected chi connectivity index (χ3v) is 6.69. The Bertz CT molecular complexity index is 342. The van der Waals surface area contributed by atoms with Crippen LogP contribution in [0.4, 0.5) is 0 Å². The van der Waals surface area contributed by atoms with Crippen LogP contribution >= 0.6 is 0 Å². The highest BCUT2D eigenvalue weighted by molar-refractivity contribution is 4.81. The van der Waals surface area contributed by atoms with Gasteiger partial charge in [0, 0.05) is 25.6 Å². The topological polar surface area (TPSA) is 44.5 Å². The second-order valence-electron chi connectivity index (χ2n) is 9.44. The summed E-state index contributed by atoms with van der Waals surface area (Å²) in [5, 5.41) is 0. The summed E-state index contributed by atoms with van der Waals surface area (Å²) in [5.41, 5.74) is 5.80. The van der Waals surface area contributed by atoms with Crippen molar-refractivity contribution in [1.82, 2.24) is 0 Å². The molecule has 31 heavy (non-hydrogen) atoms. The molecule has 3 heteroatoms. The number of ether oxygens (including phenoxy) is 2. The predicted molar refractivity (Wildman–Crippen MR) is 138 cm³/mol. The number of hydrogen-bond acceptors (Lipinski definition) is 3. The molecule has 0 fully saturated rings. The van der Waals surface area contributed by atoms with E-state index in [1.807, 2.05) is 0 Å². The van der Waals surface area contributed by atoms with E-state index < -0.39 is 0 Å². The van der Waals surface area contributed by atoms with Crippen LogP contribution in [0.15, 0.2) is 0 Å². The molecular formula is C28H59NO2. The van der Waals surface area contributed by atoms with Crippen LogP contribution in [0.2, 0.25) is 0 Å². The summed E-state index contributed by atoms with van der Waals surface area (Å²) < 4.78 is 12.9. The van der Waals surface area contributed by atoms with E-state index in [4.69, 9.17) is 15.2 Å². The van der Waals surface area contributed by atoms with Crippen LogP contribution in [0.1, 0.15) is 150 Å². The second kappa shape index (κ2) is 23.1. The van der Waals surface area contributed by atoms with Gasteiger partial charge in [0.1, 0.15) is 0 Å². The lowest BCUT2D eigenvalue weighted by atomic mass is 9.84. The summed E-state index contributed by atoms with van der Waals surface area (Å²) in [4.78, 5) is 0. The highest BCUT2D eigenvalue weighted by Gasteiger charge is 2.39. The van der Waals surface area contributed by atoms with Crippen molar-refractivity contribution in [3.8, 4) is 0 Å². The fraction of sp³-hybridized carbons (Fsp3) is 1.00. The first-order valence-electron chi connectivity index (χ1n) is 14.2. The van der Waals surface area contributed by atoms with Crippen LogP contribution in [0.5, 0.6) is 0 Å². The van der Waals surface area contributed by atoms with Gasteiger partial charge >= 0.3 is 0 Å². The van der Waals surface area contributed by atoms with Crippen molar-refractivity contribution in [1.29, 1.82) is 0 Å². The zero-order chi connectivity index (χ0) is 23.0. The van der Waals surface area contributed by atoms with Gasteiger partial charge in [-0.3, -0.25) is 0 Å². The Morgan fingerprint density at radius 1 is 0.548 bits per heavy atom. The van der Waals surface area contributed by atoms with Gasteiger partial charge in [0.25, 0.3) is 0 Å².